The van der Waals surface area contributed by atoms with Crippen molar-refractivity contribution in [3.8, 4) is 5.75 Å². The second-order valence-electron chi connectivity index (χ2n) is 6.27. The lowest BCUT2D eigenvalue weighted by molar-refractivity contribution is -0.120. The molecule has 1 heterocycles. The molecule has 1 aromatic heterocycles. The average Bonchev–Trinajstić information content (AvgIpc) is 3.28. The number of furan rings is 1. The second kappa shape index (κ2) is 9.36. The van der Waals surface area contributed by atoms with E-state index in [2.05, 4.69) is 15.8 Å². The Hall–Kier alpha value is -3.87. The van der Waals surface area contributed by atoms with E-state index in [4.69, 9.17) is 9.15 Å². The first kappa shape index (κ1) is 19.9. The molecule has 7 heteroatoms. The Morgan fingerprint density at radius 3 is 2.55 bits per heavy atom. The lowest BCUT2D eigenvalue weighted by atomic mass is 10.1. The minimum Gasteiger partial charge on any atom is -0.497 e. The van der Waals surface area contributed by atoms with Crippen LogP contribution in [0.25, 0.3) is 0 Å². The summed E-state index contributed by atoms with van der Waals surface area (Å²) in [5.41, 5.74) is 5.40. The molecule has 3 rings (SSSR count). The summed E-state index contributed by atoms with van der Waals surface area (Å²) in [5.74, 6) is 0.403. The fraction of sp³-hybridized carbons (Fsp3) is 0.136. The van der Waals surface area contributed by atoms with Gasteiger partial charge in [0.25, 0.3) is 5.91 Å². The van der Waals surface area contributed by atoms with Crippen molar-refractivity contribution in [2.45, 2.75) is 13.3 Å². The van der Waals surface area contributed by atoms with Crippen LogP contribution in [0.15, 0.2) is 76.4 Å². The first-order valence-electron chi connectivity index (χ1n) is 8.96. The standard InChI is InChI=1S/C22H21N3O4/c1-15(24-25-21(26)13-16-8-10-19(28-2)11-9-16)17-5-3-6-18(14-17)23-22(27)20-7-4-12-29-20/h3-12,14H,13H2,1-2H3,(H,23,27)(H,25,26)/b24-15-. The smallest absolute Gasteiger partial charge is 0.291 e. The van der Waals surface area contributed by atoms with E-state index in [0.717, 1.165) is 16.9 Å². The third-order valence-electron chi connectivity index (χ3n) is 4.16. The van der Waals surface area contributed by atoms with Crippen molar-refractivity contribution in [3.05, 3.63) is 83.8 Å². The van der Waals surface area contributed by atoms with Crippen LogP contribution in [0, 0.1) is 0 Å². The van der Waals surface area contributed by atoms with Gasteiger partial charge < -0.3 is 14.5 Å². The predicted molar refractivity (Wildman–Crippen MR) is 110 cm³/mol. The van der Waals surface area contributed by atoms with Gasteiger partial charge in [-0.25, -0.2) is 5.43 Å². The van der Waals surface area contributed by atoms with Crippen LogP contribution in [0.2, 0.25) is 0 Å². The number of carbonyl (C=O) groups excluding carboxylic acids is 2. The number of benzene rings is 2. The zero-order valence-electron chi connectivity index (χ0n) is 16.1. The Labute approximate surface area is 168 Å². The zero-order chi connectivity index (χ0) is 20.6. The summed E-state index contributed by atoms with van der Waals surface area (Å²) in [4.78, 5) is 24.2. The van der Waals surface area contributed by atoms with E-state index in [-0.39, 0.29) is 24.0 Å². The topological polar surface area (TPSA) is 92.9 Å². The van der Waals surface area contributed by atoms with E-state index < -0.39 is 0 Å². The van der Waals surface area contributed by atoms with Crippen molar-refractivity contribution in [2.75, 3.05) is 12.4 Å². The Kier molecular flexibility index (Phi) is 6.42. The molecule has 0 saturated heterocycles. The maximum Gasteiger partial charge on any atom is 0.291 e. The first-order chi connectivity index (χ1) is 14.0. The Morgan fingerprint density at radius 2 is 1.86 bits per heavy atom. The normalized spacial score (nSPS) is 11.0. The maximum absolute atomic E-state index is 12.1. The number of carbonyl (C=O) groups is 2. The minimum absolute atomic E-state index is 0.208. The number of hydrazone groups is 1. The fourth-order valence-electron chi connectivity index (χ4n) is 2.60. The first-order valence-corrected chi connectivity index (χ1v) is 8.96. The van der Waals surface area contributed by atoms with Gasteiger partial charge >= 0.3 is 0 Å². The summed E-state index contributed by atoms with van der Waals surface area (Å²) in [7, 11) is 1.59. The Morgan fingerprint density at radius 1 is 1.07 bits per heavy atom. The van der Waals surface area contributed by atoms with Gasteiger partial charge in [-0.1, -0.05) is 24.3 Å². The molecule has 0 aliphatic rings. The SMILES string of the molecule is COc1ccc(CC(=O)N/N=C(/C)c2cccc(NC(=O)c3ccco3)c2)cc1. The molecule has 0 unspecified atom stereocenters. The molecule has 0 aliphatic heterocycles. The number of ether oxygens (including phenoxy) is 1. The molecule has 0 spiro atoms. The van der Waals surface area contributed by atoms with Crippen LogP contribution in [0.5, 0.6) is 5.75 Å². The number of amides is 2. The van der Waals surface area contributed by atoms with E-state index >= 15 is 0 Å². The summed E-state index contributed by atoms with van der Waals surface area (Å²) in [6.45, 7) is 1.78. The molecular weight excluding hydrogens is 370 g/mol. The van der Waals surface area contributed by atoms with E-state index in [1.807, 2.05) is 18.2 Å². The minimum atomic E-state index is -0.338. The van der Waals surface area contributed by atoms with Gasteiger partial charge in [-0.2, -0.15) is 5.10 Å². The van der Waals surface area contributed by atoms with Gasteiger partial charge in [0.05, 0.1) is 25.5 Å². The van der Waals surface area contributed by atoms with Crippen molar-refractivity contribution in [3.63, 3.8) is 0 Å². The van der Waals surface area contributed by atoms with E-state index in [0.29, 0.717) is 11.4 Å². The fourth-order valence-corrected chi connectivity index (χ4v) is 2.60. The number of hydrogen-bond acceptors (Lipinski definition) is 5. The molecule has 0 atom stereocenters. The van der Waals surface area contributed by atoms with Crippen LogP contribution in [0.3, 0.4) is 0 Å². The monoisotopic (exact) mass is 391 g/mol. The Bertz CT molecular complexity index is 1010. The van der Waals surface area contributed by atoms with Gasteiger partial charge in [0.2, 0.25) is 5.91 Å². The van der Waals surface area contributed by atoms with Crippen molar-refractivity contribution >= 4 is 23.2 Å². The van der Waals surface area contributed by atoms with E-state index in [1.54, 1.807) is 56.5 Å². The number of nitrogens with one attached hydrogen (secondary N) is 2. The van der Waals surface area contributed by atoms with Crippen LogP contribution >= 0.6 is 0 Å². The third-order valence-corrected chi connectivity index (χ3v) is 4.16. The molecule has 0 radical (unpaired) electrons. The second-order valence-corrected chi connectivity index (χ2v) is 6.27. The molecule has 148 valence electrons. The highest BCUT2D eigenvalue weighted by atomic mass is 16.5. The summed E-state index contributed by atoms with van der Waals surface area (Å²) in [6, 6.07) is 17.7. The molecule has 0 aliphatic carbocycles. The lowest BCUT2D eigenvalue weighted by Gasteiger charge is -2.07. The van der Waals surface area contributed by atoms with Crippen molar-refractivity contribution in [2.24, 2.45) is 5.10 Å². The molecule has 0 fully saturated rings. The van der Waals surface area contributed by atoms with E-state index in [9.17, 15) is 9.59 Å². The van der Waals surface area contributed by atoms with Crippen molar-refractivity contribution < 1.29 is 18.7 Å². The van der Waals surface area contributed by atoms with Crippen molar-refractivity contribution in [1.82, 2.24) is 5.43 Å². The van der Waals surface area contributed by atoms with Gasteiger partial charge in [-0.05, 0) is 54.4 Å². The van der Waals surface area contributed by atoms with Crippen LogP contribution in [-0.2, 0) is 11.2 Å². The number of rotatable bonds is 7. The van der Waals surface area contributed by atoms with Crippen LogP contribution in [-0.4, -0.2) is 24.6 Å². The molecule has 29 heavy (non-hydrogen) atoms. The molecule has 3 aromatic rings. The third kappa shape index (κ3) is 5.55. The van der Waals surface area contributed by atoms with Crippen LogP contribution < -0.4 is 15.5 Å². The molecule has 7 nitrogen and oxygen atoms in total. The molecule has 2 aromatic carbocycles. The quantitative estimate of drug-likeness (QED) is 0.475. The Balaban J connectivity index is 1.60. The molecule has 2 amide bonds. The molecule has 2 N–H and O–H groups in total. The van der Waals surface area contributed by atoms with Crippen molar-refractivity contribution in [1.29, 1.82) is 0 Å². The largest absolute Gasteiger partial charge is 0.497 e. The van der Waals surface area contributed by atoms with Gasteiger partial charge in [-0.3, -0.25) is 9.59 Å². The average molecular weight is 391 g/mol. The zero-order valence-corrected chi connectivity index (χ0v) is 16.1. The van der Waals surface area contributed by atoms with Gasteiger partial charge in [0, 0.05) is 5.69 Å². The highest BCUT2D eigenvalue weighted by Crippen LogP contribution is 2.14. The summed E-state index contributed by atoms with van der Waals surface area (Å²) < 4.78 is 10.2. The molecular formula is C22H21N3O4. The maximum atomic E-state index is 12.1. The van der Waals surface area contributed by atoms with Gasteiger partial charge in [-0.15, -0.1) is 0 Å². The number of hydrogen-bond donors (Lipinski definition) is 2. The lowest BCUT2D eigenvalue weighted by Crippen LogP contribution is -2.21. The molecule has 0 bridgehead atoms. The van der Waals surface area contributed by atoms with Gasteiger partial charge in [0.15, 0.2) is 5.76 Å². The predicted octanol–water partition coefficient (Wildman–Crippen LogP) is 3.62. The highest BCUT2D eigenvalue weighted by Gasteiger charge is 2.09. The number of nitrogens with zero attached hydrogens (tertiary/aromatic N) is 1. The highest BCUT2D eigenvalue weighted by molar-refractivity contribution is 6.04. The summed E-state index contributed by atoms with van der Waals surface area (Å²) in [5, 5.41) is 6.92. The van der Waals surface area contributed by atoms with Crippen LogP contribution in [0.4, 0.5) is 5.69 Å². The number of anilines is 1. The number of methoxy groups -OCH3 is 1. The van der Waals surface area contributed by atoms with Gasteiger partial charge in [0.1, 0.15) is 5.75 Å². The van der Waals surface area contributed by atoms with Crippen LogP contribution in [0.1, 0.15) is 28.6 Å². The summed E-state index contributed by atoms with van der Waals surface area (Å²) >= 11 is 0. The molecule has 0 saturated carbocycles. The van der Waals surface area contributed by atoms with E-state index in [1.165, 1.54) is 6.26 Å². The summed E-state index contributed by atoms with van der Waals surface area (Å²) in [6.07, 6.45) is 1.65.